The van der Waals surface area contributed by atoms with Gasteiger partial charge in [-0.25, -0.2) is 0 Å². The third-order valence-corrected chi connectivity index (χ3v) is 2.24. The van der Waals surface area contributed by atoms with Crippen LogP contribution < -0.4 is 4.90 Å². The lowest BCUT2D eigenvalue weighted by atomic mass is 10.1. The molecule has 0 radical (unpaired) electrons. The first-order chi connectivity index (χ1) is 6.25. The number of alkyl halides is 1. The second-order valence-corrected chi connectivity index (χ2v) is 2.94. The summed E-state index contributed by atoms with van der Waals surface area (Å²) in [6.07, 6.45) is 0. The van der Waals surface area contributed by atoms with Crippen LogP contribution in [-0.2, 0) is 4.79 Å². The molecular weight excluding hydrogens is 190 g/mol. The highest BCUT2D eigenvalue weighted by Gasteiger charge is 2.34. The van der Waals surface area contributed by atoms with Crippen LogP contribution in [0.25, 0.3) is 0 Å². The second-order valence-electron chi connectivity index (χ2n) is 2.70. The van der Waals surface area contributed by atoms with Crippen LogP contribution in [0.1, 0.15) is 10.4 Å². The first kappa shape index (κ1) is 8.26. The van der Waals surface area contributed by atoms with Crippen LogP contribution in [0.5, 0.6) is 0 Å². The monoisotopic (exact) mass is 195 g/mol. The fourth-order valence-electron chi connectivity index (χ4n) is 1.37. The van der Waals surface area contributed by atoms with Gasteiger partial charge < -0.3 is 0 Å². The predicted molar refractivity (Wildman–Crippen MR) is 49.0 cm³/mol. The van der Waals surface area contributed by atoms with Gasteiger partial charge in [-0.15, -0.1) is 11.6 Å². The fraction of sp³-hybridized carbons (Fsp3) is 0.111. The van der Waals surface area contributed by atoms with E-state index in [4.69, 9.17) is 11.6 Å². The van der Waals surface area contributed by atoms with Crippen molar-refractivity contribution in [1.82, 2.24) is 0 Å². The van der Waals surface area contributed by atoms with E-state index in [1.54, 1.807) is 24.3 Å². The lowest BCUT2D eigenvalue weighted by Crippen LogP contribution is -2.28. The van der Waals surface area contributed by atoms with Gasteiger partial charge in [-0.2, -0.15) is 0 Å². The van der Waals surface area contributed by atoms with E-state index in [1.165, 1.54) is 4.90 Å². The Morgan fingerprint density at radius 1 is 1.23 bits per heavy atom. The molecule has 0 saturated heterocycles. The van der Waals surface area contributed by atoms with Crippen molar-refractivity contribution in [2.45, 2.75) is 0 Å². The first-order valence-electron chi connectivity index (χ1n) is 3.77. The van der Waals surface area contributed by atoms with E-state index in [1.807, 2.05) is 0 Å². The summed E-state index contributed by atoms with van der Waals surface area (Å²) in [7, 11) is 0. The topological polar surface area (TPSA) is 37.4 Å². The van der Waals surface area contributed by atoms with Gasteiger partial charge in [0.2, 0.25) is 0 Å². The number of nitrogens with zero attached hydrogens (tertiary/aromatic N) is 1. The number of hydrogen-bond donors (Lipinski definition) is 0. The molecule has 0 saturated carbocycles. The summed E-state index contributed by atoms with van der Waals surface area (Å²) in [6.45, 7) is 0. The Kier molecular flexibility index (Phi) is 1.81. The highest BCUT2D eigenvalue weighted by atomic mass is 35.5. The average molecular weight is 196 g/mol. The van der Waals surface area contributed by atoms with Crippen LogP contribution >= 0.6 is 11.6 Å². The fourth-order valence-corrected chi connectivity index (χ4v) is 1.60. The molecule has 0 aliphatic carbocycles. The Hall–Kier alpha value is -1.35. The van der Waals surface area contributed by atoms with Crippen LogP contribution in [-0.4, -0.2) is 17.7 Å². The maximum atomic E-state index is 11.3. The molecule has 0 N–H and O–H groups in total. The smallest absolute Gasteiger partial charge is 0.291 e. The normalized spacial score (nSPS) is 15.0. The molecule has 4 heteroatoms. The number of Topliss-reactive ketones (excluding diaryl/α,β-unsaturated/α-hetero) is 1. The van der Waals surface area contributed by atoms with Gasteiger partial charge in [-0.3, -0.25) is 14.5 Å². The Balaban J connectivity index is 2.60. The Morgan fingerprint density at radius 2 is 1.92 bits per heavy atom. The summed E-state index contributed by atoms with van der Waals surface area (Å²) in [5.74, 6) is -1.02. The van der Waals surface area contributed by atoms with E-state index < -0.39 is 11.7 Å². The lowest BCUT2D eigenvalue weighted by Gasteiger charge is -2.10. The minimum atomic E-state index is -0.545. The van der Waals surface area contributed by atoms with E-state index in [2.05, 4.69) is 0 Å². The van der Waals surface area contributed by atoms with E-state index in [9.17, 15) is 9.59 Å². The third-order valence-electron chi connectivity index (χ3n) is 2.00. The van der Waals surface area contributed by atoms with E-state index >= 15 is 0 Å². The van der Waals surface area contributed by atoms with Crippen LogP contribution in [0.3, 0.4) is 0 Å². The summed E-state index contributed by atoms with van der Waals surface area (Å²) in [5, 5.41) is 0. The number of anilines is 1. The zero-order valence-electron chi connectivity index (χ0n) is 6.66. The van der Waals surface area contributed by atoms with Gasteiger partial charge in [-0.1, -0.05) is 12.1 Å². The van der Waals surface area contributed by atoms with Crippen molar-refractivity contribution in [1.29, 1.82) is 0 Å². The molecule has 1 aliphatic heterocycles. The Bertz CT molecular complexity index is 389. The van der Waals surface area contributed by atoms with Crippen LogP contribution in [0.2, 0.25) is 0 Å². The van der Waals surface area contributed by atoms with E-state index in [0.29, 0.717) is 11.3 Å². The Morgan fingerprint density at radius 3 is 2.62 bits per heavy atom. The molecule has 1 aromatic rings. The largest absolute Gasteiger partial charge is 0.300 e. The molecule has 0 atom stereocenters. The Labute approximate surface area is 79.9 Å². The zero-order chi connectivity index (χ0) is 9.42. The van der Waals surface area contributed by atoms with Gasteiger partial charge in [-0.05, 0) is 12.1 Å². The number of amides is 1. The summed E-state index contributed by atoms with van der Waals surface area (Å²) < 4.78 is 0. The summed E-state index contributed by atoms with van der Waals surface area (Å²) in [6, 6.07) is 6.84. The molecule has 1 heterocycles. The number of carbonyl (C=O) groups is 2. The molecule has 0 bridgehead atoms. The van der Waals surface area contributed by atoms with Crippen LogP contribution in [0.4, 0.5) is 5.69 Å². The standard InChI is InChI=1S/C9H6ClNO2/c10-5-11-7-4-2-1-3-6(7)8(12)9(11)13/h1-4H,5H2. The number of fused-ring (bicyclic) bond motifs is 1. The lowest BCUT2D eigenvalue weighted by molar-refractivity contribution is -0.114. The van der Waals surface area contributed by atoms with E-state index in [0.717, 1.165) is 0 Å². The summed E-state index contributed by atoms with van der Waals surface area (Å²) in [5.41, 5.74) is 1.04. The number of carbonyl (C=O) groups excluding carboxylic acids is 2. The number of benzene rings is 1. The number of para-hydroxylation sites is 1. The van der Waals surface area contributed by atoms with E-state index in [-0.39, 0.29) is 6.00 Å². The molecule has 1 aliphatic rings. The van der Waals surface area contributed by atoms with Crippen molar-refractivity contribution in [3.05, 3.63) is 29.8 Å². The molecule has 1 aromatic carbocycles. The molecule has 0 unspecified atom stereocenters. The zero-order valence-corrected chi connectivity index (χ0v) is 7.41. The van der Waals surface area contributed by atoms with Crippen molar-refractivity contribution >= 4 is 29.0 Å². The SMILES string of the molecule is O=C1C(=O)N(CCl)c2ccccc21. The molecule has 3 nitrogen and oxygen atoms in total. The van der Waals surface area contributed by atoms with Gasteiger partial charge in [0.1, 0.15) is 6.00 Å². The molecular formula is C9H6ClNO2. The molecule has 66 valence electrons. The average Bonchev–Trinajstić information content (AvgIpc) is 2.41. The number of halogens is 1. The van der Waals surface area contributed by atoms with Crippen molar-refractivity contribution < 1.29 is 9.59 Å². The van der Waals surface area contributed by atoms with Gasteiger partial charge in [0.05, 0.1) is 11.3 Å². The maximum Gasteiger partial charge on any atom is 0.300 e. The van der Waals surface area contributed by atoms with Crippen LogP contribution in [0.15, 0.2) is 24.3 Å². The molecule has 13 heavy (non-hydrogen) atoms. The van der Waals surface area contributed by atoms with Gasteiger partial charge in [0.25, 0.3) is 5.78 Å². The number of hydrogen-bond acceptors (Lipinski definition) is 2. The minimum Gasteiger partial charge on any atom is -0.291 e. The van der Waals surface area contributed by atoms with Gasteiger partial charge >= 0.3 is 5.91 Å². The molecule has 0 spiro atoms. The quantitative estimate of drug-likeness (QED) is 0.386. The molecule has 1 amide bonds. The summed E-state index contributed by atoms with van der Waals surface area (Å²) in [4.78, 5) is 23.9. The molecule has 0 aromatic heterocycles. The predicted octanol–water partition coefficient (Wildman–Crippen LogP) is 1.41. The summed E-state index contributed by atoms with van der Waals surface area (Å²) >= 11 is 5.55. The maximum absolute atomic E-state index is 11.3. The van der Waals surface area contributed by atoms with Crippen molar-refractivity contribution in [2.24, 2.45) is 0 Å². The van der Waals surface area contributed by atoms with Crippen molar-refractivity contribution in [3.63, 3.8) is 0 Å². The highest BCUT2D eigenvalue weighted by Crippen LogP contribution is 2.28. The van der Waals surface area contributed by atoms with Crippen LogP contribution in [0, 0.1) is 0 Å². The van der Waals surface area contributed by atoms with Gasteiger partial charge in [0.15, 0.2) is 0 Å². The molecule has 0 fully saturated rings. The second kappa shape index (κ2) is 2.85. The number of rotatable bonds is 1. The molecule has 2 rings (SSSR count). The first-order valence-corrected chi connectivity index (χ1v) is 4.30. The number of ketones is 1. The minimum absolute atomic E-state index is 0.0155. The van der Waals surface area contributed by atoms with Crippen molar-refractivity contribution in [2.75, 3.05) is 10.9 Å². The van der Waals surface area contributed by atoms with Crippen molar-refractivity contribution in [3.8, 4) is 0 Å². The third kappa shape index (κ3) is 1.04. The van der Waals surface area contributed by atoms with Gasteiger partial charge in [0, 0.05) is 0 Å². The highest BCUT2D eigenvalue weighted by molar-refractivity contribution is 6.53.